The van der Waals surface area contributed by atoms with Crippen LogP contribution in [0.2, 0.25) is 0 Å². The van der Waals surface area contributed by atoms with Crippen molar-refractivity contribution in [1.29, 1.82) is 0 Å². The number of aromatic nitrogens is 1. The molecule has 0 spiro atoms. The molecule has 0 bridgehead atoms. The van der Waals surface area contributed by atoms with E-state index in [0.29, 0.717) is 6.04 Å². The van der Waals surface area contributed by atoms with Crippen molar-refractivity contribution in [1.82, 2.24) is 15.2 Å². The van der Waals surface area contributed by atoms with Crippen molar-refractivity contribution < 1.29 is 0 Å². The highest BCUT2D eigenvalue weighted by Gasteiger charge is 2.08. The quantitative estimate of drug-likeness (QED) is 0.671. The zero-order valence-corrected chi connectivity index (χ0v) is 13.4. The number of nitrogens with one attached hydrogen (secondary N) is 1. The fourth-order valence-electron chi connectivity index (χ4n) is 2.43. The van der Waals surface area contributed by atoms with Crippen LogP contribution in [0.1, 0.15) is 52.1 Å². The Labute approximate surface area is 124 Å². The standard InChI is InChI=1S/C17H31N3/c1-4-12-18-16(5-2)11-9-14-20(6-3)15-17-10-7-8-13-19-17/h7-8,10,13,16,18H,4-6,9,11-12,14-15H2,1-3H3. The molecule has 0 radical (unpaired) electrons. The average molecular weight is 277 g/mol. The van der Waals surface area contributed by atoms with Gasteiger partial charge in [0.2, 0.25) is 0 Å². The highest BCUT2D eigenvalue weighted by Crippen LogP contribution is 2.06. The third-order valence-corrected chi connectivity index (χ3v) is 3.76. The highest BCUT2D eigenvalue weighted by atomic mass is 15.1. The molecule has 3 nitrogen and oxygen atoms in total. The van der Waals surface area contributed by atoms with Crippen molar-refractivity contribution in [2.24, 2.45) is 0 Å². The molecule has 1 heterocycles. The molecule has 0 aliphatic rings. The predicted octanol–water partition coefficient (Wildman–Crippen LogP) is 3.46. The normalized spacial score (nSPS) is 12.8. The van der Waals surface area contributed by atoms with E-state index in [-0.39, 0.29) is 0 Å². The lowest BCUT2D eigenvalue weighted by Crippen LogP contribution is -2.31. The summed E-state index contributed by atoms with van der Waals surface area (Å²) in [5, 5.41) is 3.63. The first-order chi connectivity index (χ1) is 9.80. The van der Waals surface area contributed by atoms with Crippen molar-refractivity contribution in [2.75, 3.05) is 19.6 Å². The number of hydrogen-bond acceptors (Lipinski definition) is 3. The largest absolute Gasteiger partial charge is 0.314 e. The Morgan fingerprint density at radius 3 is 2.70 bits per heavy atom. The van der Waals surface area contributed by atoms with E-state index in [2.05, 4.69) is 48.1 Å². The van der Waals surface area contributed by atoms with Gasteiger partial charge < -0.3 is 5.32 Å². The van der Waals surface area contributed by atoms with Crippen LogP contribution in [0.15, 0.2) is 24.4 Å². The minimum absolute atomic E-state index is 0.684. The molecule has 1 atom stereocenters. The molecule has 114 valence electrons. The van der Waals surface area contributed by atoms with Crippen LogP contribution in [0.3, 0.4) is 0 Å². The molecule has 0 aliphatic heterocycles. The van der Waals surface area contributed by atoms with Gasteiger partial charge in [-0.05, 0) is 57.5 Å². The summed E-state index contributed by atoms with van der Waals surface area (Å²) >= 11 is 0. The van der Waals surface area contributed by atoms with Crippen molar-refractivity contribution in [3.63, 3.8) is 0 Å². The van der Waals surface area contributed by atoms with E-state index in [1.165, 1.54) is 31.4 Å². The molecule has 3 heteroatoms. The van der Waals surface area contributed by atoms with Gasteiger partial charge in [-0.3, -0.25) is 9.88 Å². The second-order valence-electron chi connectivity index (χ2n) is 5.39. The molecule has 1 N–H and O–H groups in total. The number of pyridine rings is 1. The maximum Gasteiger partial charge on any atom is 0.0543 e. The molecule has 0 saturated heterocycles. The smallest absolute Gasteiger partial charge is 0.0543 e. The summed E-state index contributed by atoms with van der Waals surface area (Å²) in [6, 6.07) is 6.84. The second kappa shape index (κ2) is 10.8. The van der Waals surface area contributed by atoms with E-state index in [1.54, 1.807) is 0 Å². The Kier molecular flexibility index (Phi) is 9.25. The van der Waals surface area contributed by atoms with Crippen LogP contribution in [0.5, 0.6) is 0 Å². The zero-order chi connectivity index (χ0) is 14.6. The zero-order valence-electron chi connectivity index (χ0n) is 13.4. The molecular formula is C17H31N3. The van der Waals surface area contributed by atoms with E-state index in [9.17, 15) is 0 Å². The van der Waals surface area contributed by atoms with Gasteiger partial charge in [-0.25, -0.2) is 0 Å². The Morgan fingerprint density at radius 2 is 2.10 bits per heavy atom. The number of nitrogens with zero attached hydrogens (tertiary/aromatic N) is 2. The predicted molar refractivity (Wildman–Crippen MR) is 86.8 cm³/mol. The molecule has 1 unspecified atom stereocenters. The minimum Gasteiger partial charge on any atom is -0.314 e. The van der Waals surface area contributed by atoms with Gasteiger partial charge in [0.1, 0.15) is 0 Å². The molecule has 20 heavy (non-hydrogen) atoms. The molecule has 0 amide bonds. The summed E-state index contributed by atoms with van der Waals surface area (Å²) in [6.45, 7) is 11.1. The van der Waals surface area contributed by atoms with Crippen LogP contribution in [-0.4, -0.2) is 35.6 Å². The topological polar surface area (TPSA) is 28.2 Å². The number of rotatable bonds is 11. The van der Waals surface area contributed by atoms with E-state index in [0.717, 1.165) is 26.2 Å². The highest BCUT2D eigenvalue weighted by molar-refractivity contribution is 5.03. The Balaban J connectivity index is 2.27. The average Bonchev–Trinajstić information content (AvgIpc) is 2.50. The fourth-order valence-corrected chi connectivity index (χ4v) is 2.43. The fraction of sp³-hybridized carbons (Fsp3) is 0.706. The molecule has 1 aromatic rings. The molecule has 0 saturated carbocycles. The van der Waals surface area contributed by atoms with Gasteiger partial charge in [-0.2, -0.15) is 0 Å². The molecule has 0 fully saturated rings. The third-order valence-electron chi connectivity index (χ3n) is 3.76. The summed E-state index contributed by atoms with van der Waals surface area (Å²) in [4.78, 5) is 6.89. The van der Waals surface area contributed by atoms with Crippen LogP contribution >= 0.6 is 0 Å². The lowest BCUT2D eigenvalue weighted by Gasteiger charge is -2.22. The van der Waals surface area contributed by atoms with E-state index in [4.69, 9.17) is 0 Å². The molecule has 0 aliphatic carbocycles. The second-order valence-corrected chi connectivity index (χ2v) is 5.39. The Morgan fingerprint density at radius 1 is 1.25 bits per heavy atom. The van der Waals surface area contributed by atoms with Gasteiger partial charge in [0, 0.05) is 18.8 Å². The van der Waals surface area contributed by atoms with Crippen molar-refractivity contribution in [3.8, 4) is 0 Å². The summed E-state index contributed by atoms with van der Waals surface area (Å²) in [5.41, 5.74) is 1.17. The van der Waals surface area contributed by atoms with Gasteiger partial charge in [0.25, 0.3) is 0 Å². The first kappa shape index (κ1) is 17.1. The maximum atomic E-state index is 4.41. The summed E-state index contributed by atoms with van der Waals surface area (Å²) in [6.07, 6.45) is 6.86. The molecular weight excluding hydrogens is 246 g/mol. The first-order valence-electron chi connectivity index (χ1n) is 8.15. The van der Waals surface area contributed by atoms with Crippen molar-refractivity contribution >= 4 is 0 Å². The van der Waals surface area contributed by atoms with Gasteiger partial charge in [0.05, 0.1) is 5.69 Å². The van der Waals surface area contributed by atoms with Crippen LogP contribution in [-0.2, 0) is 6.54 Å². The van der Waals surface area contributed by atoms with Crippen LogP contribution in [0.4, 0.5) is 0 Å². The minimum atomic E-state index is 0.684. The van der Waals surface area contributed by atoms with Crippen LogP contribution < -0.4 is 5.32 Å². The van der Waals surface area contributed by atoms with Crippen molar-refractivity contribution in [2.45, 2.75) is 59.0 Å². The molecule has 1 aromatic heterocycles. The lowest BCUT2D eigenvalue weighted by atomic mass is 10.1. The van der Waals surface area contributed by atoms with Gasteiger partial charge in [-0.1, -0.05) is 26.8 Å². The summed E-state index contributed by atoms with van der Waals surface area (Å²) in [7, 11) is 0. The Hall–Kier alpha value is -0.930. The molecule has 0 aromatic carbocycles. The van der Waals surface area contributed by atoms with Gasteiger partial charge in [0.15, 0.2) is 0 Å². The van der Waals surface area contributed by atoms with Crippen LogP contribution in [0.25, 0.3) is 0 Å². The SMILES string of the molecule is CCCNC(CC)CCCN(CC)Cc1ccccn1. The first-order valence-corrected chi connectivity index (χ1v) is 8.15. The van der Waals surface area contributed by atoms with Crippen LogP contribution in [0, 0.1) is 0 Å². The number of hydrogen-bond donors (Lipinski definition) is 1. The van der Waals surface area contributed by atoms with E-state index in [1.807, 2.05) is 12.3 Å². The lowest BCUT2D eigenvalue weighted by molar-refractivity contribution is 0.264. The van der Waals surface area contributed by atoms with Gasteiger partial charge >= 0.3 is 0 Å². The maximum absolute atomic E-state index is 4.41. The van der Waals surface area contributed by atoms with Crippen molar-refractivity contribution in [3.05, 3.63) is 30.1 Å². The monoisotopic (exact) mass is 277 g/mol. The van der Waals surface area contributed by atoms with Gasteiger partial charge in [-0.15, -0.1) is 0 Å². The van der Waals surface area contributed by atoms with E-state index < -0.39 is 0 Å². The third kappa shape index (κ3) is 7.01. The van der Waals surface area contributed by atoms with E-state index >= 15 is 0 Å². The molecule has 1 rings (SSSR count). The summed E-state index contributed by atoms with van der Waals surface area (Å²) < 4.78 is 0. The Bertz CT molecular complexity index is 326. The summed E-state index contributed by atoms with van der Waals surface area (Å²) in [5.74, 6) is 0.